The van der Waals surface area contributed by atoms with Gasteiger partial charge in [-0.05, 0) is 36.3 Å². The summed E-state index contributed by atoms with van der Waals surface area (Å²) in [4.78, 5) is 44.5. The molecule has 11 nitrogen and oxygen atoms in total. The number of hydrogen-bond donors (Lipinski definition) is 2. The van der Waals surface area contributed by atoms with Gasteiger partial charge < -0.3 is 25.6 Å². The normalized spacial score (nSPS) is 14.6. The summed E-state index contributed by atoms with van der Waals surface area (Å²) in [5.74, 6) is -1.09. The summed E-state index contributed by atoms with van der Waals surface area (Å²) in [6, 6.07) is 15.9. The summed E-state index contributed by atoms with van der Waals surface area (Å²) in [7, 11) is 1.79. The number of ether oxygens (including phenoxy) is 1. The molecule has 0 bridgehead atoms. The first kappa shape index (κ1) is 25.3. The third-order valence-electron chi connectivity index (χ3n) is 6.00. The van der Waals surface area contributed by atoms with Crippen molar-refractivity contribution < 1.29 is 19.1 Å². The van der Waals surface area contributed by atoms with Gasteiger partial charge in [0.15, 0.2) is 11.5 Å². The third kappa shape index (κ3) is 6.07. The molecule has 4 rings (SSSR count). The van der Waals surface area contributed by atoms with Crippen LogP contribution in [0.15, 0.2) is 67.3 Å². The minimum Gasteiger partial charge on any atom is -0.457 e. The van der Waals surface area contributed by atoms with Crippen LogP contribution in [0.1, 0.15) is 32.8 Å². The number of esters is 1. The first-order valence-corrected chi connectivity index (χ1v) is 11.6. The molecule has 2 heterocycles. The van der Waals surface area contributed by atoms with E-state index in [9.17, 15) is 14.4 Å². The number of primary amides is 1. The van der Waals surface area contributed by atoms with E-state index in [4.69, 9.17) is 10.5 Å². The van der Waals surface area contributed by atoms with Gasteiger partial charge in [-0.3, -0.25) is 9.59 Å². The zero-order valence-corrected chi connectivity index (χ0v) is 20.3. The van der Waals surface area contributed by atoms with Crippen molar-refractivity contribution in [3.63, 3.8) is 0 Å². The summed E-state index contributed by atoms with van der Waals surface area (Å²) >= 11 is 0. The lowest BCUT2D eigenvalue weighted by Gasteiger charge is -2.24. The molecule has 2 amide bonds. The number of rotatable bonds is 9. The summed E-state index contributed by atoms with van der Waals surface area (Å²) in [6.07, 6.45) is 2.00. The van der Waals surface area contributed by atoms with Gasteiger partial charge in [0.05, 0.1) is 11.6 Å². The lowest BCUT2D eigenvalue weighted by atomic mass is 10.2. The Morgan fingerprint density at radius 1 is 1.19 bits per heavy atom. The van der Waals surface area contributed by atoms with E-state index in [0.717, 1.165) is 5.56 Å². The molecular formula is C26H27N7O4. The Balaban J connectivity index is 1.50. The highest BCUT2D eigenvalue weighted by molar-refractivity contribution is 5.96. The van der Waals surface area contributed by atoms with Gasteiger partial charge in [-0.1, -0.05) is 43.0 Å². The second-order valence-corrected chi connectivity index (χ2v) is 8.48. The second kappa shape index (κ2) is 11.3. The molecule has 1 atom stereocenters. The van der Waals surface area contributed by atoms with Crippen molar-refractivity contribution in [3.8, 4) is 0 Å². The molecule has 1 saturated heterocycles. The van der Waals surface area contributed by atoms with Gasteiger partial charge in [0.2, 0.25) is 11.9 Å². The first-order chi connectivity index (χ1) is 17.9. The van der Waals surface area contributed by atoms with Gasteiger partial charge in [-0.15, -0.1) is 10.2 Å². The molecule has 0 spiro atoms. The highest BCUT2D eigenvalue weighted by Crippen LogP contribution is 2.23. The van der Waals surface area contributed by atoms with Crippen molar-refractivity contribution in [1.82, 2.24) is 20.1 Å². The van der Waals surface area contributed by atoms with Gasteiger partial charge in [-0.25, -0.2) is 4.79 Å². The van der Waals surface area contributed by atoms with E-state index in [0.29, 0.717) is 30.8 Å². The van der Waals surface area contributed by atoms with E-state index in [1.54, 1.807) is 41.1 Å². The Morgan fingerprint density at radius 3 is 2.70 bits per heavy atom. The molecule has 3 aromatic rings. The molecule has 0 radical (unpaired) electrons. The number of carbonyl (C=O) groups is 3. The topological polar surface area (TPSA) is 144 Å². The number of nitrogens with two attached hydrogens (primary N) is 1. The average Bonchev–Trinajstić information content (AvgIpc) is 3.42. The number of nitrogens with zero attached hydrogens (tertiary/aromatic N) is 5. The molecule has 11 heteroatoms. The van der Waals surface area contributed by atoms with Gasteiger partial charge in [-0.2, -0.15) is 4.98 Å². The first-order valence-electron chi connectivity index (χ1n) is 11.6. The zero-order valence-electron chi connectivity index (χ0n) is 20.3. The molecule has 2 aromatic carbocycles. The molecule has 1 aromatic heterocycles. The number of aromatic nitrogens is 3. The van der Waals surface area contributed by atoms with Crippen LogP contribution in [0, 0.1) is 0 Å². The maximum absolute atomic E-state index is 12.6. The molecule has 0 aliphatic carbocycles. The number of anilines is 3. The molecule has 1 fully saturated rings. The van der Waals surface area contributed by atoms with Gasteiger partial charge in [0.25, 0.3) is 5.91 Å². The number of likely N-dealkylation sites (N-methyl/N-ethyl adjacent to an activating group) is 1. The van der Waals surface area contributed by atoms with Crippen LogP contribution in [-0.4, -0.2) is 64.0 Å². The fourth-order valence-corrected chi connectivity index (χ4v) is 3.94. The highest BCUT2D eigenvalue weighted by Gasteiger charge is 2.30. The fraction of sp³-hybridized carbons (Fsp3) is 0.231. The van der Waals surface area contributed by atoms with Crippen molar-refractivity contribution >= 4 is 35.2 Å². The van der Waals surface area contributed by atoms with E-state index in [1.807, 2.05) is 30.3 Å². The van der Waals surface area contributed by atoms with Crippen molar-refractivity contribution in [3.05, 3.63) is 84.1 Å². The zero-order chi connectivity index (χ0) is 26.4. The van der Waals surface area contributed by atoms with Crippen molar-refractivity contribution in [1.29, 1.82) is 0 Å². The predicted octanol–water partition coefficient (Wildman–Crippen LogP) is 2.29. The fourth-order valence-electron chi connectivity index (χ4n) is 3.94. The van der Waals surface area contributed by atoms with Crippen molar-refractivity contribution in [2.75, 3.05) is 30.4 Å². The molecule has 190 valence electrons. The summed E-state index contributed by atoms with van der Waals surface area (Å²) < 4.78 is 5.40. The number of amides is 2. The monoisotopic (exact) mass is 501 g/mol. The summed E-state index contributed by atoms with van der Waals surface area (Å²) in [5.41, 5.74) is 7.02. The Kier molecular flexibility index (Phi) is 7.72. The molecule has 37 heavy (non-hydrogen) atoms. The van der Waals surface area contributed by atoms with Crippen LogP contribution in [0.5, 0.6) is 0 Å². The second-order valence-electron chi connectivity index (χ2n) is 8.48. The van der Waals surface area contributed by atoms with E-state index in [2.05, 4.69) is 27.1 Å². The number of hydrogen-bond acceptors (Lipinski definition) is 9. The lowest BCUT2D eigenvalue weighted by Crippen LogP contribution is -2.37. The van der Waals surface area contributed by atoms with Gasteiger partial charge in [0, 0.05) is 25.8 Å². The van der Waals surface area contributed by atoms with Crippen LogP contribution in [0.4, 0.5) is 17.5 Å². The van der Waals surface area contributed by atoms with Crippen LogP contribution in [-0.2, 0) is 16.1 Å². The minimum absolute atomic E-state index is 0.0410. The van der Waals surface area contributed by atoms with Gasteiger partial charge >= 0.3 is 5.97 Å². The summed E-state index contributed by atoms with van der Waals surface area (Å²) in [6.45, 7) is 4.75. The van der Waals surface area contributed by atoms with E-state index < -0.39 is 11.9 Å². The van der Waals surface area contributed by atoms with E-state index in [-0.39, 0.29) is 36.0 Å². The number of nitrogens with one attached hydrogen (secondary N) is 1. The molecule has 0 saturated carbocycles. The van der Waals surface area contributed by atoms with Gasteiger partial charge in [0.1, 0.15) is 6.61 Å². The Bertz CT molecular complexity index is 1320. The van der Waals surface area contributed by atoms with Crippen molar-refractivity contribution in [2.24, 2.45) is 5.73 Å². The average molecular weight is 502 g/mol. The molecular weight excluding hydrogens is 474 g/mol. The quantitative estimate of drug-likeness (QED) is 0.333. The maximum atomic E-state index is 12.6. The van der Waals surface area contributed by atoms with Crippen LogP contribution in [0.3, 0.4) is 0 Å². The van der Waals surface area contributed by atoms with Crippen LogP contribution in [0.2, 0.25) is 0 Å². The van der Waals surface area contributed by atoms with E-state index >= 15 is 0 Å². The smallest absolute Gasteiger partial charge is 0.338 e. The van der Waals surface area contributed by atoms with Crippen LogP contribution in [0.25, 0.3) is 0 Å². The Morgan fingerprint density at radius 2 is 1.97 bits per heavy atom. The highest BCUT2D eigenvalue weighted by atomic mass is 16.5. The lowest BCUT2D eigenvalue weighted by molar-refractivity contribution is -0.125. The number of likely N-dealkylation sites (tertiary alicyclic amines) is 1. The third-order valence-corrected chi connectivity index (χ3v) is 6.00. The van der Waals surface area contributed by atoms with E-state index in [1.165, 1.54) is 6.08 Å². The Hall–Kier alpha value is -4.80. The molecule has 3 N–H and O–H groups in total. The van der Waals surface area contributed by atoms with Crippen LogP contribution < -0.4 is 16.0 Å². The Labute approximate surface area is 213 Å². The van der Waals surface area contributed by atoms with Crippen LogP contribution >= 0.6 is 0 Å². The van der Waals surface area contributed by atoms with Crippen molar-refractivity contribution in [2.45, 2.75) is 19.1 Å². The molecule has 1 aliphatic heterocycles. The largest absolute Gasteiger partial charge is 0.457 e. The number of benzene rings is 2. The number of carbonyl (C=O) groups excluding carboxylic acids is 3. The summed E-state index contributed by atoms with van der Waals surface area (Å²) in [5, 5.41) is 11.1. The predicted molar refractivity (Wildman–Crippen MR) is 137 cm³/mol. The molecule has 1 aliphatic rings. The maximum Gasteiger partial charge on any atom is 0.338 e. The minimum atomic E-state index is -0.807. The SMILES string of the molecule is C=CC(=O)N1CC[C@@H](N(C)c2nnc(C(N)=O)c(Nc3cccc(C(=O)OCc4ccccc4)c3)n2)C1. The molecule has 0 unspecified atom stereocenters. The standard InChI is InChI=1S/C26H27N7O4/c1-3-21(34)33-13-12-20(15-33)32(2)26-29-24(22(23(27)35)30-31-26)28-19-11-7-10-18(14-19)25(36)37-16-17-8-5-4-6-9-17/h3-11,14,20H,1,12-13,15-16H2,2H3,(H2,27,35)(H,28,29,31)/t20-/m1/s1.